The van der Waals surface area contributed by atoms with Gasteiger partial charge in [0, 0.05) is 25.2 Å². The van der Waals surface area contributed by atoms with Crippen LogP contribution in [-0.4, -0.2) is 48.1 Å². The molecule has 0 aliphatic carbocycles. The largest absolute Gasteiger partial charge is 0.433 e. The third-order valence-electron chi connectivity index (χ3n) is 3.47. The highest BCUT2D eigenvalue weighted by atomic mass is 19.4. The molecule has 5 nitrogen and oxygen atoms in total. The molecule has 1 aliphatic rings. The number of nitrogens with zero attached hydrogens (tertiary/aromatic N) is 4. The van der Waals surface area contributed by atoms with Crippen LogP contribution < -0.4 is 10.6 Å². The van der Waals surface area contributed by atoms with Gasteiger partial charge in [0.25, 0.3) is 0 Å². The van der Waals surface area contributed by atoms with Crippen LogP contribution in [-0.2, 0) is 6.18 Å². The summed E-state index contributed by atoms with van der Waals surface area (Å²) in [7, 11) is 3.92. The van der Waals surface area contributed by atoms with Gasteiger partial charge in [-0.05, 0) is 26.9 Å². The second-order valence-electron chi connectivity index (χ2n) is 5.17. The molecular weight excluding hydrogens is 271 g/mol. The molecule has 0 radical (unpaired) electrons. The Bertz CT molecular complexity index is 475. The first-order chi connectivity index (χ1) is 9.27. The maximum Gasteiger partial charge on any atom is 0.433 e. The number of halogens is 3. The van der Waals surface area contributed by atoms with E-state index in [0.717, 1.165) is 18.9 Å². The number of alkyl halides is 3. The Kier molecular flexibility index (Phi) is 4.03. The molecule has 0 aromatic carbocycles. The van der Waals surface area contributed by atoms with Gasteiger partial charge in [0.05, 0.1) is 0 Å². The van der Waals surface area contributed by atoms with E-state index in [2.05, 4.69) is 14.9 Å². The highest BCUT2D eigenvalue weighted by Gasteiger charge is 2.34. The minimum absolute atomic E-state index is 0.247. The van der Waals surface area contributed by atoms with Crippen LogP contribution in [0.4, 0.5) is 24.9 Å². The fraction of sp³-hybridized carbons (Fsp3) is 0.667. The number of rotatable bonds is 2. The van der Waals surface area contributed by atoms with Crippen molar-refractivity contribution >= 4 is 11.8 Å². The number of anilines is 2. The van der Waals surface area contributed by atoms with E-state index in [4.69, 9.17) is 5.73 Å². The van der Waals surface area contributed by atoms with Crippen molar-refractivity contribution in [1.82, 2.24) is 14.9 Å². The topological polar surface area (TPSA) is 58.3 Å². The first-order valence-electron chi connectivity index (χ1n) is 6.40. The second kappa shape index (κ2) is 5.43. The summed E-state index contributed by atoms with van der Waals surface area (Å²) in [5.41, 5.74) is 4.40. The lowest BCUT2D eigenvalue weighted by Gasteiger charge is -2.36. The average Bonchev–Trinajstić information content (AvgIpc) is 2.37. The third kappa shape index (κ3) is 3.30. The van der Waals surface area contributed by atoms with E-state index in [1.807, 2.05) is 19.0 Å². The van der Waals surface area contributed by atoms with E-state index in [9.17, 15) is 13.2 Å². The van der Waals surface area contributed by atoms with Crippen LogP contribution in [0.3, 0.4) is 0 Å². The van der Waals surface area contributed by atoms with Gasteiger partial charge in [0.1, 0.15) is 5.82 Å². The molecule has 0 spiro atoms. The SMILES string of the molecule is CN(C)C1CCCN(c2cc(C(F)(F)F)nc(N)n2)C1. The van der Waals surface area contributed by atoms with Crippen LogP contribution in [0.2, 0.25) is 0 Å². The number of hydrogen-bond donors (Lipinski definition) is 1. The molecule has 1 aromatic heterocycles. The predicted octanol–water partition coefficient (Wildman–Crippen LogP) is 1.61. The predicted molar refractivity (Wildman–Crippen MR) is 70.4 cm³/mol. The monoisotopic (exact) mass is 289 g/mol. The Hall–Kier alpha value is -1.57. The van der Waals surface area contributed by atoms with E-state index < -0.39 is 11.9 Å². The van der Waals surface area contributed by atoms with E-state index in [0.29, 0.717) is 19.1 Å². The summed E-state index contributed by atoms with van der Waals surface area (Å²) < 4.78 is 38.2. The van der Waals surface area contributed by atoms with Gasteiger partial charge in [-0.1, -0.05) is 0 Å². The number of piperidine rings is 1. The number of hydrogen-bond acceptors (Lipinski definition) is 5. The van der Waals surface area contributed by atoms with Gasteiger partial charge in [-0.2, -0.15) is 18.2 Å². The van der Waals surface area contributed by atoms with E-state index >= 15 is 0 Å². The van der Waals surface area contributed by atoms with E-state index in [-0.39, 0.29) is 11.8 Å². The zero-order chi connectivity index (χ0) is 14.9. The van der Waals surface area contributed by atoms with Gasteiger partial charge >= 0.3 is 6.18 Å². The van der Waals surface area contributed by atoms with Crippen molar-refractivity contribution in [2.24, 2.45) is 0 Å². The van der Waals surface area contributed by atoms with Crippen molar-refractivity contribution in [1.29, 1.82) is 0 Å². The Labute approximate surface area is 115 Å². The first kappa shape index (κ1) is 14.8. The molecule has 2 heterocycles. The van der Waals surface area contributed by atoms with Crippen LogP contribution in [0.5, 0.6) is 0 Å². The smallest absolute Gasteiger partial charge is 0.368 e. The standard InChI is InChI=1S/C12H18F3N5/c1-19(2)8-4-3-5-20(7-8)10-6-9(12(13,14)15)17-11(16)18-10/h6,8H,3-5,7H2,1-2H3,(H2,16,17,18). The molecule has 1 unspecified atom stereocenters. The molecule has 0 bridgehead atoms. The quantitative estimate of drug-likeness (QED) is 0.896. The second-order valence-corrected chi connectivity index (χ2v) is 5.17. The van der Waals surface area contributed by atoms with Crippen molar-refractivity contribution < 1.29 is 13.2 Å². The summed E-state index contributed by atoms with van der Waals surface area (Å²) in [5.74, 6) is -0.0989. The van der Waals surface area contributed by atoms with Gasteiger partial charge in [0.2, 0.25) is 5.95 Å². The van der Waals surface area contributed by atoms with Gasteiger partial charge in [-0.3, -0.25) is 0 Å². The molecule has 0 amide bonds. The lowest BCUT2D eigenvalue weighted by atomic mass is 10.0. The molecule has 1 saturated heterocycles. The first-order valence-corrected chi connectivity index (χ1v) is 6.40. The van der Waals surface area contributed by atoms with E-state index in [1.165, 1.54) is 0 Å². The molecule has 1 aliphatic heterocycles. The zero-order valence-electron chi connectivity index (χ0n) is 11.5. The molecule has 1 atom stereocenters. The third-order valence-corrected chi connectivity index (χ3v) is 3.47. The minimum atomic E-state index is -4.51. The summed E-state index contributed by atoms with van der Waals surface area (Å²) >= 11 is 0. The summed E-state index contributed by atoms with van der Waals surface area (Å²) in [6.45, 7) is 1.32. The lowest BCUT2D eigenvalue weighted by Crippen LogP contribution is -2.45. The average molecular weight is 289 g/mol. The highest BCUT2D eigenvalue weighted by Crippen LogP contribution is 2.31. The Balaban J connectivity index is 2.26. The minimum Gasteiger partial charge on any atom is -0.368 e. The van der Waals surface area contributed by atoms with Gasteiger partial charge in [-0.15, -0.1) is 0 Å². The van der Waals surface area contributed by atoms with E-state index in [1.54, 1.807) is 0 Å². The molecule has 1 fully saturated rings. The van der Waals surface area contributed by atoms with Crippen LogP contribution in [0, 0.1) is 0 Å². The molecule has 8 heteroatoms. The fourth-order valence-corrected chi connectivity index (χ4v) is 2.34. The van der Waals surface area contributed by atoms with Crippen LogP contribution >= 0.6 is 0 Å². The number of likely N-dealkylation sites (N-methyl/N-ethyl adjacent to an activating group) is 1. The molecule has 20 heavy (non-hydrogen) atoms. The Morgan fingerprint density at radius 3 is 2.65 bits per heavy atom. The maximum absolute atomic E-state index is 12.7. The van der Waals surface area contributed by atoms with Gasteiger partial charge in [-0.25, -0.2) is 4.98 Å². The summed E-state index contributed by atoms with van der Waals surface area (Å²) in [4.78, 5) is 11.1. The summed E-state index contributed by atoms with van der Waals surface area (Å²) in [5, 5.41) is 0. The normalized spacial score (nSPS) is 20.5. The summed E-state index contributed by atoms with van der Waals surface area (Å²) in [6, 6.07) is 1.27. The Morgan fingerprint density at radius 1 is 1.35 bits per heavy atom. The molecule has 2 N–H and O–H groups in total. The Morgan fingerprint density at radius 2 is 2.05 bits per heavy atom. The van der Waals surface area contributed by atoms with Crippen molar-refractivity contribution in [3.05, 3.63) is 11.8 Å². The van der Waals surface area contributed by atoms with Gasteiger partial charge in [0.15, 0.2) is 5.69 Å². The molecular formula is C12H18F3N5. The lowest BCUT2D eigenvalue weighted by molar-refractivity contribution is -0.141. The van der Waals surface area contributed by atoms with Crippen molar-refractivity contribution in [3.8, 4) is 0 Å². The molecule has 0 saturated carbocycles. The van der Waals surface area contributed by atoms with Crippen molar-refractivity contribution in [2.45, 2.75) is 25.1 Å². The fourth-order valence-electron chi connectivity index (χ4n) is 2.34. The van der Waals surface area contributed by atoms with Gasteiger partial charge < -0.3 is 15.5 Å². The number of aromatic nitrogens is 2. The molecule has 112 valence electrons. The highest BCUT2D eigenvalue weighted by molar-refractivity contribution is 5.44. The van der Waals surface area contributed by atoms with Crippen LogP contribution in [0.1, 0.15) is 18.5 Å². The number of nitrogen functional groups attached to an aromatic ring is 1. The van der Waals surface area contributed by atoms with Crippen molar-refractivity contribution in [3.63, 3.8) is 0 Å². The molecule has 1 aromatic rings. The van der Waals surface area contributed by atoms with Crippen LogP contribution in [0.25, 0.3) is 0 Å². The van der Waals surface area contributed by atoms with Crippen molar-refractivity contribution in [2.75, 3.05) is 37.8 Å². The maximum atomic E-state index is 12.7. The van der Waals surface area contributed by atoms with Crippen LogP contribution in [0.15, 0.2) is 6.07 Å². The molecule has 2 rings (SSSR count). The number of nitrogens with two attached hydrogens (primary N) is 1. The summed E-state index contributed by atoms with van der Waals surface area (Å²) in [6.07, 6.45) is -2.58. The zero-order valence-corrected chi connectivity index (χ0v) is 11.5.